The minimum Gasteiger partial charge on any atom is -0.337 e. The number of hydrogen-bond acceptors (Lipinski definition) is 4. The summed E-state index contributed by atoms with van der Waals surface area (Å²) in [6.45, 7) is 1.12. The van der Waals surface area contributed by atoms with Gasteiger partial charge in [-0.2, -0.15) is 4.98 Å². The van der Waals surface area contributed by atoms with Gasteiger partial charge in [0, 0.05) is 0 Å². The Morgan fingerprint density at radius 2 is 2.38 bits per heavy atom. The summed E-state index contributed by atoms with van der Waals surface area (Å²) in [5, 5.41) is 3.73. The zero-order valence-electron chi connectivity index (χ0n) is 7.53. The van der Waals surface area contributed by atoms with Gasteiger partial charge in [0.05, 0.1) is 6.04 Å². The Balaban J connectivity index is 2.14. The lowest BCUT2D eigenvalue weighted by Gasteiger charge is -2.29. The van der Waals surface area contributed by atoms with Crippen molar-refractivity contribution in [1.82, 2.24) is 15.0 Å². The Morgan fingerprint density at radius 1 is 1.54 bits per heavy atom. The van der Waals surface area contributed by atoms with Gasteiger partial charge in [0.25, 0.3) is 0 Å². The molecule has 0 aliphatic carbocycles. The van der Waals surface area contributed by atoms with Crippen molar-refractivity contribution >= 4 is 15.9 Å². The molecule has 4 nitrogen and oxygen atoms in total. The van der Waals surface area contributed by atoms with Crippen molar-refractivity contribution < 1.29 is 4.52 Å². The molecule has 1 atom stereocenters. The van der Waals surface area contributed by atoms with E-state index < -0.39 is 0 Å². The van der Waals surface area contributed by atoms with E-state index in [1.54, 1.807) is 0 Å². The average Bonchev–Trinajstić information content (AvgIpc) is 2.53. The van der Waals surface area contributed by atoms with E-state index in [0.29, 0.717) is 10.8 Å². The van der Waals surface area contributed by atoms with Crippen LogP contribution in [0.4, 0.5) is 0 Å². The topological polar surface area (TPSA) is 42.2 Å². The van der Waals surface area contributed by atoms with Gasteiger partial charge in [-0.05, 0) is 47.5 Å². The van der Waals surface area contributed by atoms with Gasteiger partial charge >= 0.3 is 0 Å². The highest BCUT2D eigenvalue weighted by Gasteiger charge is 2.25. The second-order valence-electron chi connectivity index (χ2n) is 3.39. The van der Waals surface area contributed by atoms with Crippen LogP contribution in [-0.2, 0) is 0 Å². The third-order valence-electron chi connectivity index (χ3n) is 2.47. The predicted octanol–water partition coefficient (Wildman–Crippen LogP) is 1.99. The first-order valence-electron chi connectivity index (χ1n) is 4.47. The van der Waals surface area contributed by atoms with Crippen molar-refractivity contribution in [2.75, 3.05) is 13.6 Å². The maximum Gasteiger partial charge on any atom is 0.244 e. The van der Waals surface area contributed by atoms with Crippen LogP contribution in [-0.4, -0.2) is 28.6 Å². The van der Waals surface area contributed by atoms with Crippen molar-refractivity contribution in [2.24, 2.45) is 0 Å². The van der Waals surface area contributed by atoms with Gasteiger partial charge < -0.3 is 4.52 Å². The first-order chi connectivity index (χ1) is 6.27. The standard InChI is InChI=1S/C8H12BrN3O/c1-12-5-3-2-4-6(12)7-10-8(9)11-13-7/h6H,2-5H2,1H3. The molecule has 2 rings (SSSR count). The Hall–Kier alpha value is -0.420. The molecule has 72 valence electrons. The average molecular weight is 246 g/mol. The molecule has 1 aliphatic rings. The Bertz CT molecular complexity index is 289. The molecule has 0 saturated carbocycles. The van der Waals surface area contributed by atoms with Crippen LogP contribution in [0.5, 0.6) is 0 Å². The van der Waals surface area contributed by atoms with Gasteiger partial charge in [-0.3, -0.25) is 4.90 Å². The van der Waals surface area contributed by atoms with E-state index in [-0.39, 0.29) is 0 Å². The third kappa shape index (κ3) is 1.91. The van der Waals surface area contributed by atoms with E-state index in [1.165, 1.54) is 12.8 Å². The van der Waals surface area contributed by atoms with Crippen molar-refractivity contribution in [2.45, 2.75) is 25.3 Å². The van der Waals surface area contributed by atoms with Crippen LogP contribution in [0.3, 0.4) is 0 Å². The Labute approximate surface area is 85.4 Å². The van der Waals surface area contributed by atoms with Gasteiger partial charge in [-0.15, -0.1) is 0 Å². The summed E-state index contributed by atoms with van der Waals surface area (Å²) in [6, 6.07) is 0.313. The Morgan fingerprint density at radius 3 is 3.00 bits per heavy atom. The normalized spacial score (nSPS) is 24.9. The van der Waals surface area contributed by atoms with Crippen LogP contribution >= 0.6 is 15.9 Å². The smallest absolute Gasteiger partial charge is 0.244 e. The molecule has 0 spiro atoms. The second kappa shape index (κ2) is 3.75. The monoisotopic (exact) mass is 245 g/mol. The van der Waals surface area contributed by atoms with Crippen LogP contribution in [0.15, 0.2) is 9.26 Å². The van der Waals surface area contributed by atoms with Crippen molar-refractivity contribution in [3.05, 3.63) is 10.6 Å². The molecule has 0 aromatic carbocycles. The molecule has 0 radical (unpaired) electrons. The van der Waals surface area contributed by atoms with Gasteiger partial charge in [0.15, 0.2) is 0 Å². The largest absolute Gasteiger partial charge is 0.337 e. The molecule has 0 bridgehead atoms. The van der Waals surface area contributed by atoms with Crippen LogP contribution in [0.2, 0.25) is 0 Å². The molecule has 1 fully saturated rings. The number of rotatable bonds is 1. The third-order valence-corrected chi connectivity index (χ3v) is 2.79. The number of piperidine rings is 1. The highest BCUT2D eigenvalue weighted by Crippen LogP contribution is 2.28. The first-order valence-corrected chi connectivity index (χ1v) is 5.26. The molecule has 1 saturated heterocycles. The maximum absolute atomic E-state index is 5.12. The van der Waals surface area contributed by atoms with Crippen molar-refractivity contribution in [3.8, 4) is 0 Å². The van der Waals surface area contributed by atoms with E-state index in [1.807, 2.05) is 0 Å². The van der Waals surface area contributed by atoms with Gasteiger partial charge in [-0.25, -0.2) is 0 Å². The summed E-state index contributed by atoms with van der Waals surface area (Å²) in [6.07, 6.45) is 3.63. The van der Waals surface area contributed by atoms with Gasteiger partial charge in [0.1, 0.15) is 0 Å². The Kier molecular flexibility index (Phi) is 2.64. The van der Waals surface area contributed by atoms with E-state index >= 15 is 0 Å². The molecule has 1 unspecified atom stereocenters. The van der Waals surface area contributed by atoms with Crippen LogP contribution in [0, 0.1) is 0 Å². The number of halogens is 1. The summed E-state index contributed by atoms with van der Waals surface area (Å²) in [5.41, 5.74) is 0. The van der Waals surface area contributed by atoms with Crippen molar-refractivity contribution in [3.63, 3.8) is 0 Å². The number of nitrogens with zero attached hydrogens (tertiary/aromatic N) is 3. The van der Waals surface area contributed by atoms with E-state index in [0.717, 1.165) is 18.9 Å². The first kappa shape index (κ1) is 9.15. The zero-order valence-corrected chi connectivity index (χ0v) is 9.12. The number of likely N-dealkylation sites (tertiary alicyclic amines) is 1. The molecule has 1 aromatic heterocycles. The lowest BCUT2D eigenvalue weighted by molar-refractivity contribution is 0.150. The lowest BCUT2D eigenvalue weighted by Crippen LogP contribution is -2.29. The highest BCUT2D eigenvalue weighted by molar-refractivity contribution is 9.10. The second-order valence-corrected chi connectivity index (χ2v) is 4.10. The zero-order chi connectivity index (χ0) is 9.26. The minimum atomic E-state index is 0.313. The molecule has 1 aliphatic heterocycles. The summed E-state index contributed by atoms with van der Waals surface area (Å²) in [5.74, 6) is 0.731. The van der Waals surface area contributed by atoms with E-state index in [9.17, 15) is 0 Å². The number of hydrogen-bond donors (Lipinski definition) is 0. The summed E-state index contributed by atoms with van der Waals surface area (Å²) >= 11 is 3.18. The quantitative estimate of drug-likeness (QED) is 0.759. The molecule has 5 heteroatoms. The summed E-state index contributed by atoms with van der Waals surface area (Å²) in [7, 11) is 2.10. The molecule has 0 N–H and O–H groups in total. The van der Waals surface area contributed by atoms with Crippen LogP contribution in [0.1, 0.15) is 31.2 Å². The van der Waals surface area contributed by atoms with E-state index in [2.05, 4.69) is 38.0 Å². The predicted molar refractivity (Wildman–Crippen MR) is 51.2 cm³/mol. The molecular weight excluding hydrogens is 234 g/mol. The SMILES string of the molecule is CN1CCCCC1c1nc(Br)no1. The fourth-order valence-electron chi connectivity index (χ4n) is 1.74. The minimum absolute atomic E-state index is 0.313. The molecule has 0 amide bonds. The van der Waals surface area contributed by atoms with Crippen LogP contribution < -0.4 is 0 Å². The summed E-state index contributed by atoms with van der Waals surface area (Å²) in [4.78, 5) is 6.45. The van der Waals surface area contributed by atoms with Gasteiger partial charge in [-0.1, -0.05) is 6.42 Å². The molecular formula is C8H12BrN3O. The molecule has 1 aromatic rings. The van der Waals surface area contributed by atoms with Gasteiger partial charge in [0.2, 0.25) is 10.6 Å². The molecule has 13 heavy (non-hydrogen) atoms. The van der Waals surface area contributed by atoms with Crippen LogP contribution in [0.25, 0.3) is 0 Å². The van der Waals surface area contributed by atoms with Crippen molar-refractivity contribution in [1.29, 1.82) is 0 Å². The fourth-order valence-corrected chi connectivity index (χ4v) is 1.99. The van der Waals surface area contributed by atoms with E-state index in [4.69, 9.17) is 4.52 Å². The summed E-state index contributed by atoms with van der Waals surface area (Å²) < 4.78 is 5.67. The molecule has 2 heterocycles. The fraction of sp³-hybridized carbons (Fsp3) is 0.750. The maximum atomic E-state index is 5.12. The highest BCUT2D eigenvalue weighted by atomic mass is 79.9. The lowest BCUT2D eigenvalue weighted by atomic mass is 10.0. The number of aromatic nitrogens is 2.